The zero-order valence-electron chi connectivity index (χ0n) is 26.0. The maximum atomic E-state index is 13.9. The van der Waals surface area contributed by atoms with E-state index in [9.17, 15) is 149 Å². The highest BCUT2D eigenvalue weighted by molar-refractivity contribution is 7.87. The lowest BCUT2D eigenvalue weighted by atomic mass is 9.85. The fourth-order valence-corrected chi connectivity index (χ4v) is 5.82. The van der Waals surface area contributed by atoms with Crippen molar-refractivity contribution in [2.45, 2.75) is 109 Å². The van der Waals surface area contributed by atoms with Crippen LogP contribution in [-0.4, -0.2) is 118 Å². The van der Waals surface area contributed by atoms with Crippen LogP contribution in [0, 0.1) is 0 Å². The number of halogens is 30. The van der Waals surface area contributed by atoms with Gasteiger partial charge in [-0.25, -0.2) is 17.1 Å². The van der Waals surface area contributed by atoms with E-state index in [2.05, 4.69) is 8.37 Å². The molecule has 350 valence electrons. The Morgan fingerprint density at radius 3 is 0.707 bits per heavy atom. The summed E-state index contributed by atoms with van der Waals surface area (Å²) in [6.45, 7) is -0.262. The summed E-state index contributed by atoms with van der Waals surface area (Å²) in [5.74, 6) is -73.2. The molecule has 0 amide bonds. The van der Waals surface area contributed by atoms with E-state index >= 15 is 0 Å². The molecule has 0 saturated carbocycles. The molecule has 0 aromatic heterocycles. The van der Waals surface area contributed by atoms with Gasteiger partial charge in [-0.1, -0.05) is 0 Å². The Bertz CT molecular complexity index is 1520. The fourth-order valence-electron chi connectivity index (χ4n) is 3.67. The summed E-state index contributed by atoms with van der Waals surface area (Å²) in [6.07, 6.45) is -44.3. The van der Waals surface area contributed by atoms with E-state index in [1.165, 1.54) is 0 Å². The van der Waals surface area contributed by atoms with Crippen molar-refractivity contribution in [3.8, 4) is 0 Å². The largest absolute Gasteiger partial charge is 0.438 e. The zero-order chi connectivity index (χ0) is 47.8. The Hall–Kier alpha value is -2.28. The number of rotatable bonds is 18. The third-order valence-corrected chi connectivity index (χ3v) is 9.36. The first-order chi connectivity index (χ1) is 24.5. The minimum atomic E-state index is -8.95. The highest BCUT2D eigenvalue weighted by Crippen LogP contribution is 2.66. The van der Waals surface area contributed by atoms with E-state index in [4.69, 9.17) is 0 Å². The summed E-state index contributed by atoms with van der Waals surface area (Å²) in [6, 6.07) is 0. The molecule has 0 heterocycles. The quantitative estimate of drug-likeness (QED) is 0.0774. The molecule has 0 radical (unpaired) electrons. The first kappa shape index (κ1) is 55.7. The molecular weight excluding hydrogens is 970 g/mol. The van der Waals surface area contributed by atoms with Gasteiger partial charge in [0, 0.05) is 12.8 Å². The van der Waals surface area contributed by atoms with E-state index in [0.29, 0.717) is 0 Å². The first-order valence-corrected chi connectivity index (χ1v) is 16.2. The van der Waals surface area contributed by atoms with Crippen molar-refractivity contribution in [1.29, 1.82) is 0 Å². The second-order valence-corrected chi connectivity index (χ2v) is 14.4. The van der Waals surface area contributed by atoms with Gasteiger partial charge in [0.2, 0.25) is 0 Å². The summed E-state index contributed by atoms with van der Waals surface area (Å²) in [7, 11) is -13.0. The smallest absolute Gasteiger partial charge is 0.237 e. The van der Waals surface area contributed by atoms with Gasteiger partial charge >= 0.3 is 83.4 Å². The first-order valence-electron chi connectivity index (χ1n) is 13.0. The molecule has 0 fully saturated rings. The van der Waals surface area contributed by atoms with Crippen LogP contribution in [0.3, 0.4) is 0 Å². The standard InChI is InChI=1S/C20H12F30O6S2/c1-6(55-57(51,52)4-2-7(21,22)11(27,28)15(35,36)13(31,32)9(25,17(39,40)41)18(42,43)44)56-58(53,54)5-3-8(23,24)12(29,30)16(37,38)14(33,34)10(26,19(45,46)47)20(48,49)50/h6H,2-5H2,1H3. The Kier molecular flexibility index (Phi) is 14.4. The Morgan fingerprint density at radius 2 is 0.534 bits per heavy atom. The van der Waals surface area contributed by atoms with Crippen molar-refractivity contribution in [2.24, 2.45) is 0 Å². The van der Waals surface area contributed by atoms with Gasteiger partial charge in [-0.15, -0.1) is 0 Å². The molecule has 0 unspecified atom stereocenters. The Balaban J connectivity index is 6.29. The molecule has 0 aromatic rings. The predicted molar refractivity (Wildman–Crippen MR) is 120 cm³/mol. The lowest BCUT2D eigenvalue weighted by Gasteiger charge is -2.43. The van der Waals surface area contributed by atoms with Gasteiger partial charge in [0.25, 0.3) is 20.2 Å². The molecule has 0 rings (SSSR count). The SMILES string of the molecule is CC(OS(=O)(=O)CCC(F)(F)C(F)(F)C(F)(F)C(F)(F)C(F)(C(F)(F)F)C(F)(F)F)OS(=O)(=O)CCC(F)(F)C(F)(F)C(F)(F)C(F)(F)C(F)(C(F)(F)F)C(F)(F)F. The lowest BCUT2D eigenvalue weighted by Crippen LogP contribution is -2.75. The van der Waals surface area contributed by atoms with E-state index in [0.717, 1.165) is 0 Å². The van der Waals surface area contributed by atoms with Crippen molar-refractivity contribution >= 4 is 20.2 Å². The zero-order valence-corrected chi connectivity index (χ0v) is 27.6. The van der Waals surface area contributed by atoms with Crippen LogP contribution in [0.25, 0.3) is 0 Å². The molecule has 0 aliphatic rings. The summed E-state index contributed by atoms with van der Waals surface area (Å²) >= 11 is 0. The fraction of sp³-hybridized carbons (Fsp3) is 1.00. The lowest BCUT2D eigenvalue weighted by molar-refractivity contribution is -0.457. The van der Waals surface area contributed by atoms with Crippen LogP contribution >= 0.6 is 0 Å². The average molecular weight is 982 g/mol. The molecule has 0 atom stereocenters. The van der Waals surface area contributed by atoms with Crippen LogP contribution in [0.2, 0.25) is 0 Å². The topological polar surface area (TPSA) is 86.7 Å². The normalized spacial score (nSPS) is 16.7. The molecular formula is C20H12F30O6S2. The molecule has 6 nitrogen and oxygen atoms in total. The highest BCUT2D eigenvalue weighted by Gasteiger charge is 2.97. The molecule has 38 heteroatoms. The monoisotopic (exact) mass is 982 g/mol. The van der Waals surface area contributed by atoms with E-state index in [-0.39, 0.29) is 6.92 Å². The number of hydrogen-bond donors (Lipinski definition) is 0. The van der Waals surface area contributed by atoms with E-state index in [1.807, 2.05) is 0 Å². The van der Waals surface area contributed by atoms with Gasteiger partial charge in [-0.3, -0.25) is 0 Å². The minimum Gasteiger partial charge on any atom is -0.237 e. The minimum absolute atomic E-state index is 0.262. The van der Waals surface area contributed by atoms with Crippen molar-refractivity contribution < 1.29 is 157 Å². The maximum Gasteiger partial charge on any atom is 0.438 e. The predicted octanol–water partition coefficient (Wildman–Crippen LogP) is 9.55. The molecule has 0 saturated heterocycles. The third kappa shape index (κ3) is 8.87. The number of hydrogen-bond acceptors (Lipinski definition) is 6. The highest BCUT2D eigenvalue weighted by atomic mass is 32.2. The second-order valence-electron chi connectivity index (χ2n) is 10.9. The molecule has 0 aliphatic carbocycles. The van der Waals surface area contributed by atoms with Gasteiger partial charge in [0.1, 0.15) is 0 Å². The average Bonchev–Trinajstić information content (AvgIpc) is 2.94. The molecule has 0 spiro atoms. The third-order valence-electron chi connectivity index (χ3n) is 6.82. The molecule has 0 bridgehead atoms. The maximum absolute atomic E-state index is 13.9. The van der Waals surface area contributed by atoms with Gasteiger partial charge in [-0.05, 0) is 6.92 Å². The van der Waals surface area contributed by atoms with Crippen LogP contribution < -0.4 is 0 Å². The summed E-state index contributed by atoms with van der Waals surface area (Å²) in [4.78, 5) is 0. The summed E-state index contributed by atoms with van der Waals surface area (Å²) in [5, 5.41) is 0. The van der Waals surface area contributed by atoms with Crippen molar-refractivity contribution in [1.82, 2.24) is 0 Å². The van der Waals surface area contributed by atoms with Crippen molar-refractivity contribution in [3.05, 3.63) is 0 Å². The second kappa shape index (κ2) is 15.0. The van der Waals surface area contributed by atoms with Gasteiger partial charge in [0.05, 0.1) is 11.5 Å². The van der Waals surface area contributed by atoms with Crippen molar-refractivity contribution in [3.63, 3.8) is 0 Å². The molecule has 0 aromatic carbocycles. The Morgan fingerprint density at radius 1 is 0.345 bits per heavy atom. The van der Waals surface area contributed by atoms with Crippen LogP contribution in [0.15, 0.2) is 0 Å². The van der Waals surface area contributed by atoms with Crippen LogP contribution in [0.4, 0.5) is 132 Å². The van der Waals surface area contributed by atoms with Gasteiger partial charge < -0.3 is 0 Å². The van der Waals surface area contributed by atoms with E-state index < -0.39 is 134 Å². The van der Waals surface area contributed by atoms with E-state index in [1.54, 1.807) is 0 Å². The molecule has 0 N–H and O–H groups in total. The van der Waals surface area contributed by atoms with Crippen molar-refractivity contribution in [2.75, 3.05) is 11.5 Å². The van der Waals surface area contributed by atoms with Gasteiger partial charge in [-0.2, -0.15) is 140 Å². The van der Waals surface area contributed by atoms with Crippen LogP contribution in [0.5, 0.6) is 0 Å². The number of alkyl halides is 30. The van der Waals surface area contributed by atoms with Crippen LogP contribution in [-0.2, 0) is 28.6 Å². The Labute approximate surface area is 299 Å². The molecule has 0 aliphatic heterocycles. The van der Waals surface area contributed by atoms with Crippen LogP contribution in [0.1, 0.15) is 19.8 Å². The van der Waals surface area contributed by atoms with Gasteiger partial charge in [0.15, 0.2) is 6.29 Å². The summed E-state index contributed by atoms with van der Waals surface area (Å²) < 4.78 is 452. The molecule has 58 heavy (non-hydrogen) atoms. The summed E-state index contributed by atoms with van der Waals surface area (Å²) in [5.41, 5.74) is -17.5.